The molecule has 0 spiro atoms. The summed E-state index contributed by atoms with van der Waals surface area (Å²) in [5, 5.41) is 2.13. The van der Waals surface area contributed by atoms with Crippen molar-refractivity contribution in [3.05, 3.63) is 36.8 Å². The second kappa shape index (κ2) is 12.6. The molecule has 0 nitrogen and oxygen atoms in total. The molecule has 0 fully saturated rings. The Morgan fingerprint density at radius 2 is 1.46 bits per heavy atom. The maximum atomic E-state index is 3.66. The van der Waals surface area contributed by atoms with E-state index in [2.05, 4.69) is 24.6 Å². The number of rotatable bonds is 9. The highest BCUT2D eigenvalue weighted by Gasteiger charge is 1.83. The van der Waals surface area contributed by atoms with Crippen molar-refractivity contribution in [1.29, 1.82) is 0 Å². The van der Waals surface area contributed by atoms with Gasteiger partial charge < -0.3 is 0 Å². The molecule has 0 aromatic rings. The van der Waals surface area contributed by atoms with Crippen LogP contribution in [0.15, 0.2) is 36.8 Å². The Labute approximate surface area is 96.9 Å². The van der Waals surface area contributed by atoms with E-state index in [-0.39, 0.29) is 0 Å². The predicted octanol–water partition coefficient (Wildman–Crippen LogP) is 4.63. The Balaban J connectivity index is 3.02. The van der Waals surface area contributed by atoms with Gasteiger partial charge >= 0.3 is 0 Å². The fourth-order valence-electron chi connectivity index (χ4n) is 0.389. The van der Waals surface area contributed by atoms with Crippen LogP contribution in [0.4, 0.5) is 0 Å². The second-order valence-electron chi connectivity index (χ2n) is 1.90. The zero-order chi connectivity index (χ0) is 9.78. The Kier molecular flexibility index (Phi) is 13.2. The molecular formula is C9H14S4. The van der Waals surface area contributed by atoms with E-state index >= 15 is 0 Å². The molecule has 0 N–H and O–H groups in total. The lowest BCUT2D eigenvalue weighted by molar-refractivity contribution is 1.82. The monoisotopic (exact) mass is 250 g/mol. The van der Waals surface area contributed by atoms with Crippen molar-refractivity contribution in [1.82, 2.24) is 0 Å². The molecule has 0 radical (unpaired) electrons. The van der Waals surface area contributed by atoms with E-state index in [1.807, 2.05) is 33.7 Å². The van der Waals surface area contributed by atoms with Crippen LogP contribution in [0, 0.1) is 0 Å². The molecular weight excluding hydrogens is 236 g/mol. The number of hydrogen-bond acceptors (Lipinski definition) is 4. The van der Waals surface area contributed by atoms with Crippen LogP contribution in [0.3, 0.4) is 0 Å². The summed E-state index contributed by atoms with van der Waals surface area (Å²) in [6, 6.07) is 0. The quantitative estimate of drug-likeness (QED) is 0.332. The van der Waals surface area contributed by atoms with E-state index in [1.165, 1.54) is 0 Å². The summed E-state index contributed by atoms with van der Waals surface area (Å²) in [4.78, 5) is 0. The van der Waals surface area contributed by atoms with E-state index in [1.54, 1.807) is 21.6 Å². The van der Waals surface area contributed by atoms with Crippen molar-refractivity contribution in [3.8, 4) is 0 Å². The minimum Gasteiger partial charge on any atom is -0.102 e. The Morgan fingerprint density at radius 3 is 2.15 bits per heavy atom. The second-order valence-corrected chi connectivity index (χ2v) is 6.77. The third-order valence-electron chi connectivity index (χ3n) is 0.839. The summed E-state index contributed by atoms with van der Waals surface area (Å²) >= 11 is 0. The molecule has 74 valence electrons. The number of hydrogen-bond donors (Lipinski definition) is 0. The molecule has 0 aliphatic rings. The molecule has 0 rings (SSSR count). The fraction of sp³-hybridized carbons (Fsp3) is 0.333. The highest BCUT2D eigenvalue weighted by Crippen LogP contribution is 2.24. The van der Waals surface area contributed by atoms with Gasteiger partial charge in [-0.25, -0.2) is 0 Å². The average Bonchev–Trinajstić information content (AvgIpc) is 2.16. The average molecular weight is 250 g/mol. The third kappa shape index (κ3) is 12.6. The summed E-state index contributed by atoms with van der Waals surface area (Å²) < 4.78 is 0. The highest BCUT2D eigenvalue weighted by molar-refractivity contribution is 8.78. The Hall–Kier alpha value is 0.620. The van der Waals surface area contributed by atoms with Crippen LogP contribution >= 0.6 is 43.2 Å². The van der Waals surface area contributed by atoms with Gasteiger partial charge in [0.1, 0.15) is 0 Å². The molecule has 13 heavy (non-hydrogen) atoms. The molecule has 0 aromatic heterocycles. The van der Waals surface area contributed by atoms with E-state index in [4.69, 9.17) is 0 Å². The van der Waals surface area contributed by atoms with Crippen molar-refractivity contribution < 1.29 is 0 Å². The first kappa shape index (κ1) is 13.6. The van der Waals surface area contributed by atoms with Gasteiger partial charge in [-0.15, -0.1) is 13.2 Å². The largest absolute Gasteiger partial charge is 0.102 e. The minimum atomic E-state index is 1.01. The molecule has 0 amide bonds. The van der Waals surface area contributed by atoms with Gasteiger partial charge in [-0.3, -0.25) is 0 Å². The van der Waals surface area contributed by atoms with Gasteiger partial charge in [0.15, 0.2) is 0 Å². The van der Waals surface area contributed by atoms with Crippen LogP contribution in [0.2, 0.25) is 0 Å². The summed E-state index contributed by atoms with van der Waals surface area (Å²) in [7, 11) is 7.26. The van der Waals surface area contributed by atoms with Gasteiger partial charge in [0.05, 0.1) is 0 Å². The lowest BCUT2D eigenvalue weighted by atomic mass is 10.8. The molecule has 4 heteroatoms. The molecule has 0 aliphatic heterocycles. The van der Waals surface area contributed by atoms with Gasteiger partial charge in [-0.05, 0) is 5.41 Å². The van der Waals surface area contributed by atoms with E-state index in [9.17, 15) is 0 Å². The third-order valence-corrected chi connectivity index (χ3v) is 4.98. The fourth-order valence-corrected chi connectivity index (χ4v) is 3.50. The van der Waals surface area contributed by atoms with Crippen molar-refractivity contribution in [2.75, 3.05) is 17.3 Å². The first-order valence-corrected chi connectivity index (χ1v) is 8.68. The summed E-state index contributed by atoms with van der Waals surface area (Å²) in [5.41, 5.74) is 0. The highest BCUT2D eigenvalue weighted by atomic mass is 33.1. The van der Waals surface area contributed by atoms with Gasteiger partial charge in [-0.2, -0.15) is 0 Å². The van der Waals surface area contributed by atoms with E-state index in [0.717, 1.165) is 17.3 Å². The Bertz CT molecular complexity index is 154. The predicted molar refractivity (Wildman–Crippen MR) is 74.5 cm³/mol. The summed E-state index contributed by atoms with van der Waals surface area (Å²) in [6.07, 6.45) is 6.03. The van der Waals surface area contributed by atoms with Crippen molar-refractivity contribution in [2.45, 2.75) is 0 Å². The molecule has 0 atom stereocenters. The Morgan fingerprint density at radius 1 is 0.846 bits per heavy atom. The standard InChI is InChI=1S/C9H14S4/c1-3-6-10-12-8-5-9-13-11-7-4-2/h3-5,8H,1-2,6-7,9H2/b8-5-. The van der Waals surface area contributed by atoms with Crippen LogP contribution < -0.4 is 0 Å². The lowest BCUT2D eigenvalue weighted by Gasteiger charge is -1.92. The van der Waals surface area contributed by atoms with Crippen LogP contribution in [-0.2, 0) is 0 Å². The van der Waals surface area contributed by atoms with Gasteiger partial charge in [0, 0.05) is 17.3 Å². The van der Waals surface area contributed by atoms with Crippen LogP contribution in [-0.4, -0.2) is 17.3 Å². The zero-order valence-corrected chi connectivity index (χ0v) is 10.7. The maximum Gasteiger partial charge on any atom is 0.0226 e. The molecule has 0 heterocycles. The zero-order valence-electron chi connectivity index (χ0n) is 7.48. The molecule has 0 saturated carbocycles. The van der Waals surface area contributed by atoms with Crippen molar-refractivity contribution in [2.24, 2.45) is 0 Å². The van der Waals surface area contributed by atoms with Crippen molar-refractivity contribution in [3.63, 3.8) is 0 Å². The SMILES string of the molecule is C=CCSS/C=C\CSSCC=C. The van der Waals surface area contributed by atoms with Crippen LogP contribution in [0.5, 0.6) is 0 Å². The van der Waals surface area contributed by atoms with Crippen LogP contribution in [0.1, 0.15) is 0 Å². The van der Waals surface area contributed by atoms with E-state index < -0.39 is 0 Å². The smallest absolute Gasteiger partial charge is 0.0226 e. The minimum absolute atomic E-state index is 1.01. The molecule has 0 unspecified atom stereocenters. The molecule has 0 aromatic carbocycles. The topological polar surface area (TPSA) is 0 Å². The first-order chi connectivity index (χ1) is 6.41. The first-order valence-electron chi connectivity index (χ1n) is 3.81. The van der Waals surface area contributed by atoms with Gasteiger partial charge in [-0.1, -0.05) is 61.4 Å². The van der Waals surface area contributed by atoms with Gasteiger partial charge in [0.25, 0.3) is 0 Å². The van der Waals surface area contributed by atoms with Crippen molar-refractivity contribution >= 4 is 43.2 Å². The maximum absolute atomic E-state index is 3.66. The summed E-state index contributed by atoms with van der Waals surface area (Å²) in [5.74, 6) is 3.10. The van der Waals surface area contributed by atoms with Gasteiger partial charge in [0.2, 0.25) is 0 Å². The van der Waals surface area contributed by atoms with E-state index in [0.29, 0.717) is 0 Å². The van der Waals surface area contributed by atoms with Crippen LogP contribution in [0.25, 0.3) is 0 Å². The molecule has 0 aliphatic carbocycles. The molecule has 0 saturated heterocycles. The normalized spacial score (nSPS) is 10.5. The summed E-state index contributed by atoms with van der Waals surface area (Å²) in [6.45, 7) is 7.31. The molecule has 0 bridgehead atoms. The lowest BCUT2D eigenvalue weighted by Crippen LogP contribution is -1.66.